The third-order valence-electron chi connectivity index (χ3n) is 3.56. The monoisotopic (exact) mass is 395 g/mol. The van der Waals surface area contributed by atoms with E-state index >= 15 is 0 Å². The number of amides is 2. The summed E-state index contributed by atoms with van der Waals surface area (Å²) >= 11 is 3.16. The Morgan fingerprint density at radius 1 is 1.31 bits per heavy atom. The number of hydrogen-bond donors (Lipinski definition) is 2. The molecule has 2 rings (SSSR count). The molecule has 0 radical (unpaired) electrons. The highest BCUT2D eigenvalue weighted by Gasteiger charge is 2.16. The molecule has 0 saturated carbocycles. The van der Waals surface area contributed by atoms with Crippen LogP contribution in [0.4, 0.5) is 4.79 Å². The molecule has 0 spiro atoms. The molecule has 0 saturated heterocycles. The molecule has 0 aromatic carbocycles. The minimum Gasteiger partial charge on any atom is -0.450 e. The fourth-order valence-electron chi connectivity index (χ4n) is 2.47. The number of nitrogens with zero attached hydrogens (tertiary/aromatic N) is 1. The van der Waals surface area contributed by atoms with Gasteiger partial charge < -0.3 is 15.4 Å². The summed E-state index contributed by atoms with van der Waals surface area (Å²) in [7, 11) is 0. The number of rotatable bonds is 9. The molecule has 1 atom stereocenters. The van der Waals surface area contributed by atoms with Gasteiger partial charge in [0.2, 0.25) is 5.91 Å². The van der Waals surface area contributed by atoms with Gasteiger partial charge >= 0.3 is 6.09 Å². The Kier molecular flexibility index (Phi) is 8.06. The second-order valence-electron chi connectivity index (χ2n) is 6.33. The zero-order valence-corrected chi connectivity index (χ0v) is 16.9. The highest BCUT2D eigenvalue weighted by Crippen LogP contribution is 2.25. The van der Waals surface area contributed by atoms with Crippen molar-refractivity contribution < 1.29 is 14.3 Å². The first kappa shape index (κ1) is 20.4. The quantitative estimate of drug-likeness (QED) is 0.678. The average molecular weight is 396 g/mol. The maximum atomic E-state index is 12.2. The van der Waals surface area contributed by atoms with Gasteiger partial charge in [-0.25, -0.2) is 9.78 Å². The number of thiophene rings is 1. The van der Waals surface area contributed by atoms with E-state index in [0.29, 0.717) is 19.1 Å². The molecule has 0 aliphatic rings. The van der Waals surface area contributed by atoms with E-state index in [2.05, 4.69) is 29.5 Å². The van der Waals surface area contributed by atoms with Crippen LogP contribution in [0.3, 0.4) is 0 Å². The predicted octanol–water partition coefficient (Wildman–Crippen LogP) is 3.69. The minimum atomic E-state index is -0.452. The highest BCUT2D eigenvalue weighted by atomic mass is 32.1. The Morgan fingerprint density at radius 3 is 2.77 bits per heavy atom. The second kappa shape index (κ2) is 10.3. The summed E-state index contributed by atoms with van der Waals surface area (Å²) in [5.41, 5.74) is 1.84. The van der Waals surface area contributed by atoms with Crippen LogP contribution in [-0.4, -0.2) is 36.2 Å². The zero-order chi connectivity index (χ0) is 18.9. The van der Waals surface area contributed by atoms with Gasteiger partial charge in [0, 0.05) is 28.9 Å². The Bertz CT molecular complexity index is 698. The van der Waals surface area contributed by atoms with Crippen LogP contribution in [0, 0.1) is 5.92 Å². The first-order valence-electron chi connectivity index (χ1n) is 8.64. The van der Waals surface area contributed by atoms with Crippen molar-refractivity contribution in [2.45, 2.75) is 39.7 Å². The van der Waals surface area contributed by atoms with Gasteiger partial charge in [0.05, 0.1) is 18.7 Å². The summed E-state index contributed by atoms with van der Waals surface area (Å²) in [6, 6.07) is 1.86. The molecule has 0 aliphatic carbocycles. The average Bonchev–Trinajstić information content (AvgIpc) is 3.23. The first-order chi connectivity index (χ1) is 12.5. The van der Waals surface area contributed by atoms with Gasteiger partial charge in [-0.3, -0.25) is 4.79 Å². The van der Waals surface area contributed by atoms with Crippen molar-refractivity contribution in [1.29, 1.82) is 0 Å². The molecule has 2 N–H and O–H groups in total. The number of ether oxygens (including phenoxy) is 1. The van der Waals surface area contributed by atoms with Crippen molar-refractivity contribution in [2.24, 2.45) is 5.92 Å². The molecule has 26 heavy (non-hydrogen) atoms. The first-order valence-corrected chi connectivity index (χ1v) is 10.5. The Hall–Kier alpha value is -1.93. The molecule has 6 nitrogen and oxygen atoms in total. The fraction of sp³-hybridized carbons (Fsp3) is 0.500. The van der Waals surface area contributed by atoms with E-state index < -0.39 is 6.09 Å². The Morgan fingerprint density at radius 2 is 2.12 bits per heavy atom. The third-order valence-corrected chi connectivity index (χ3v) is 5.18. The Balaban J connectivity index is 1.84. The highest BCUT2D eigenvalue weighted by molar-refractivity contribution is 7.14. The van der Waals surface area contributed by atoms with Crippen LogP contribution in [0.1, 0.15) is 32.9 Å². The second-order valence-corrected chi connectivity index (χ2v) is 7.97. The van der Waals surface area contributed by atoms with Crippen LogP contribution in [0.25, 0.3) is 10.6 Å². The molecule has 0 bridgehead atoms. The summed E-state index contributed by atoms with van der Waals surface area (Å²) in [4.78, 5) is 28.4. The van der Waals surface area contributed by atoms with Gasteiger partial charge in [0.1, 0.15) is 5.01 Å². The Labute approximate surface area is 162 Å². The molecule has 8 heteroatoms. The molecule has 142 valence electrons. The summed E-state index contributed by atoms with van der Waals surface area (Å²) in [6.45, 7) is 6.60. The van der Waals surface area contributed by atoms with E-state index in [4.69, 9.17) is 4.74 Å². The third kappa shape index (κ3) is 6.76. The summed E-state index contributed by atoms with van der Waals surface area (Å²) in [5.74, 6) is 0.289. The van der Waals surface area contributed by atoms with E-state index in [9.17, 15) is 9.59 Å². The van der Waals surface area contributed by atoms with E-state index in [1.54, 1.807) is 18.3 Å². The molecule has 0 aliphatic heterocycles. The van der Waals surface area contributed by atoms with E-state index in [0.717, 1.165) is 22.7 Å². The number of aromatic nitrogens is 1. The number of alkyl carbamates (subject to hydrolysis) is 1. The van der Waals surface area contributed by atoms with Crippen molar-refractivity contribution in [3.63, 3.8) is 0 Å². The maximum absolute atomic E-state index is 12.2. The summed E-state index contributed by atoms with van der Waals surface area (Å²) in [5, 5.41) is 12.6. The van der Waals surface area contributed by atoms with Gasteiger partial charge in [-0.2, -0.15) is 11.3 Å². The van der Waals surface area contributed by atoms with Crippen LogP contribution in [-0.2, 0) is 16.0 Å². The van der Waals surface area contributed by atoms with Gasteiger partial charge in [0.15, 0.2) is 0 Å². The van der Waals surface area contributed by atoms with Crippen LogP contribution in [0.2, 0.25) is 0 Å². The van der Waals surface area contributed by atoms with Crippen molar-refractivity contribution in [3.8, 4) is 10.6 Å². The van der Waals surface area contributed by atoms with Gasteiger partial charge in [-0.15, -0.1) is 11.3 Å². The molecule has 1 unspecified atom stereocenters. The van der Waals surface area contributed by atoms with Gasteiger partial charge in [0.25, 0.3) is 0 Å². The predicted molar refractivity (Wildman–Crippen MR) is 106 cm³/mol. The summed E-state index contributed by atoms with van der Waals surface area (Å²) < 4.78 is 4.92. The van der Waals surface area contributed by atoms with Gasteiger partial charge in [-0.05, 0) is 30.7 Å². The van der Waals surface area contributed by atoms with E-state index in [1.807, 2.05) is 22.2 Å². The van der Waals surface area contributed by atoms with E-state index in [-0.39, 0.29) is 18.4 Å². The van der Waals surface area contributed by atoms with E-state index in [1.165, 1.54) is 11.3 Å². The molecular formula is C18H25N3O3S2. The molecule has 2 aromatic heterocycles. The number of carbonyl (C=O) groups is 2. The van der Waals surface area contributed by atoms with Crippen LogP contribution in [0.5, 0.6) is 0 Å². The number of carbonyl (C=O) groups excluding carboxylic acids is 2. The number of thiazole rings is 1. The SMILES string of the molecule is CCOC(=O)NC(CNC(=O)Cc1csc(-c2ccsc2)n1)CC(C)C. The molecule has 2 heterocycles. The standard InChI is InChI=1S/C18H25N3O3S2/c1-4-24-18(23)21-14(7-12(2)3)9-19-16(22)8-15-11-26-17(20-15)13-5-6-25-10-13/h5-6,10-12,14H,4,7-9H2,1-3H3,(H,19,22)(H,21,23). The topological polar surface area (TPSA) is 80.3 Å². The normalized spacial score (nSPS) is 12.0. The smallest absolute Gasteiger partial charge is 0.407 e. The fourth-order valence-corrected chi connectivity index (χ4v) is 4.00. The lowest BCUT2D eigenvalue weighted by atomic mass is 10.0. The molecular weight excluding hydrogens is 370 g/mol. The lowest BCUT2D eigenvalue weighted by Crippen LogP contribution is -2.44. The number of nitrogens with one attached hydrogen (secondary N) is 2. The van der Waals surface area contributed by atoms with Gasteiger partial charge in [-0.1, -0.05) is 13.8 Å². The van der Waals surface area contributed by atoms with Crippen molar-refractivity contribution >= 4 is 34.7 Å². The van der Waals surface area contributed by atoms with Crippen LogP contribution in [0.15, 0.2) is 22.2 Å². The molecule has 2 aromatic rings. The van der Waals surface area contributed by atoms with Crippen molar-refractivity contribution in [2.75, 3.05) is 13.2 Å². The van der Waals surface area contributed by atoms with Crippen molar-refractivity contribution in [3.05, 3.63) is 27.9 Å². The summed E-state index contributed by atoms with van der Waals surface area (Å²) in [6.07, 6.45) is 0.541. The minimum absolute atomic E-state index is 0.105. The van der Waals surface area contributed by atoms with Crippen LogP contribution >= 0.6 is 22.7 Å². The largest absolute Gasteiger partial charge is 0.450 e. The lowest BCUT2D eigenvalue weighted by molar-refractivity contribution is -0.120. The molecule has 0 fully saturated rings. The maximum Gasteiger partial charge on any atom is 0.407 e. The van der Waals surface area contributed by atoms with Crippen molar-refractivity contribution in [1.82, 2.24) is 15.6 Å². The lowest BCUT2D eigenvalue weighted by Gasteiger charge is -2.20. The van der Waals surface area contributed by atoms with Crippen LogP contribution < -0.4 is 10.6 Å². The zero-order valence-electron chi connectivity index (χ0n) is 15.3. The number of hydrogen-bond acceptors (Lipinski definition) is 6. The molecule has 2 amide bonds.